The predicted octanol–water partition coefficient (Wildman–Crippen LogP) is 5.39. The van der Waals surface area contributed by atoms with Crippen LogP contribution in [0.15, 0.2) is 36.4 Å². The maximum atomic E-state index is 13.9. The van der Waals surface area contributed by atoms with Gasteiger partial charge >= 0.3 is 6.09 Å². The summed E-state index contributed by atoms with van der Waals surface area (Å²) >= 11 is 0. The highest BCUT2D eigenvalue weighted by Crippen LogP contribution is 2.48. The Balaban J connectivity index is 1.97. The summed E-state index contributed by atoms with van der Waals surface area (Å²) in [5.41, 5.74) is 8.63. The van der Waals surface area contributed by atoms with Gasteiger partial charge in [0.05, 0.1) is 6.61 Å². The minimum absolute atomic E-state index is 0.252. The molecule has 2 N–H and O–H groups in total. The molecule has 0 spiro atoms. The first-order valence-electron chi connectivity index (χ1n) is 9.33. The van der Waals surface area contributed by atoms with Crippen LogP contribution in [0.25, 0.3) is 11.1 Å². The summed E-state index contributed by atoms with van der Waals surface area (Å²) in [5, 5.41) is 0. The second kappa shape index (κ2) is 7.59. The number of fused-ring (bicyclic) bond motifs is 1. The Morgan fingerprint density at radius 1 is 1.26 bits per heavy atom. The first-order chi connectivity index (χ1) is 12.8. The lowest BCUT2D eigenvalue weighted by Gasteiger charge is -2.26. The van der Waals surface area contributed by atoms with Crippen molar-refractivity contribution >= 4 is 6.09 Å². The largest absolute Gasteiger partial charge is 0.493 e. The molecule has 0 saturated carbocycles. The summed E-state index contributed by atoms with van der Waals surface area (Å²) in [6, 6.07) is 10.5. The van der Waals surface area contributed by atoms with Crippen molar-refractivity contribution in [2.75, 3.05) is 6.61 Å². The molecule has 0 heterocycles. The van der Waals surface area contributed by atoms with E-state index in [0.717, 1.165) is 41.5 Å². The number of benzene rings is 2. The van der Waals surface area contributed by atoms with Gasteiger partial charge in [0.25, 0.3) is 0 Å². The van der Waals surface area contributed by atoms with Crippen LogP contribution in [0.4, 0.5) is 9.18 Å². The van der Waals surface area contributed by atoms with E-state index in [0.29, 0.717) is 12.4 Å². The number of carbonyl (C=O) groups excluding carboxylic acids is 1. The SMILES string of the molecule is CCCCOc1ccc(F)cc1-c1ccc2c(c1)CC(C)(C)C2OC(N)=O. The summed E-state index contributed by atoms with van der Waals surface area (Å²) in [6.45, 7) is 6.78. The quantitative estimate of drug-likeness (QED) is 0.693. The fourth-order valence-corrected chi connectivity index (χ4v) is 3.71. The van der Waals surface area contributed by atoms with Crippen LogP contribution in [0.2, 0.25) is 0 Å². The van der Waals surface area contributed by atoms with E-state index in [4.69, 9.17) is 15.2 Å². The third-order valence-corrected chi connectivity index (χ3v) is 5.02. The molecule has 0 radical (unpaired) electrons. The van der Waals surface area contributed by atoms with Gasteiger partial charge in [-0.1, -0.05) is 45.4 Å². The van der Waals surface area contributed by atoms with Crippen molar-refractivity contribution in [2.24, 2.45) is 11.1 Å². The van der Waals surface area contributed by atoms with E-state index in [1.54, 1.807) is 6.07 Å². The van der Waals surface area contributed by atoms with Gasteiger partial charge in [-0.05, 0) is 47.7 Å². The monoisotopic (exact) mass is 371 g/mol. The van der Waals surface area contributed by atoms with E-state index >= 15 is 0 Å². The molecule has 0 fully saturated rings. The average molecular weight is 371 g/mol. The molecule has 3 rings (SSSR count). The molecule has 1 aliphatic carbocycles. The molecule has 0 aliphatic heterocycles. The average Bonchev–Trinajstić information content (AvgIpc) is 2.85. The van der Waals surface area contributed by atoms with Crippen LogP contribution in [0.3, 0.4) is 0 Å². The molecule has 0 aromatic heterocycles. The number of primary amides is 1. The number of amides is 1. The van der Waals surface area contributed by atoms with Gasteiger partial charge in [-0.15, -0.1) is 0 Å². The lowest BCUT2D eigenvalue weighted by Crippen LogP contribution is -2.25. The number of nitrogens with two attached hydrogens (primary N) is 1. The van der Waals surface area contributed by atoms with Crippen molar-refractivity contribution in [3.8, 4) is 16.9 Å². The number of ether oxygens (including phenoxy) is 2. The summed E-state index contributed by atoms with van der Waals surface area (Å²) < 4.78 is 25.1. The lowest BCUT2D eigenvalue weighted by molar-refractivity contribution is 0.0392. The van der Waals surface area contributed by atoms with Crippen molar-refractivity contribution in [3.63, 3.8) is 0 Å². The fourth-order valence-electron chi connectivity index (χ4n) is 3.71. The summed E-state index contributed by atoms with van der Waals surface area (Å²) in [7, 11) is 0. The van der Waals surface area contributed by atoms with Gasteiger partial charge < -0.3 is 15.2 Å². The minimum atomic E-state index is -0.776. The van der Waals surface area contributed by atoms with E-state index in [9.17, 15) is 9.18 Å². The number of rotatable bonds is 6. The Hall–Kier alpha value is -2.56. The molecule has 0 bridgehead atoms. The van der Waals surface area contributed by atoms with Crippen molar-refractivity contribution in [1.82, 2.24) is 0 Å². The van der Waals surface area contributed by atoms with Gasteiger partial charge in [0.2, 0.25) is 0 Å². The molecule has 2 aromatic carbocycles. The van der Waals surface area contributed by atoms with Gasteiger partial charge in [-0.3, -0.25) is 0 Å². The van der Waals surface area contributed by atoms with Crippen molar-refractivity contribution in [3.05, 3.63) is 53.3 Å². The Kier molecular flexibility index (Phi) is 5.40. The molecular formula is C22H26FNO3. The molecule has 2 aromatic rings. The second-order valence-corrected chi connectivity index (χ2v) is 7.74. The molecule has 144 valence electrons. The zero-order chi connectivity index (χ0) is 19.6. The highest BCUT2D eigenvalue weighted by molar-refractivity contribution is 5.72. The predicted molar refractivity (Wildman–Crippen MR) is 103 cm³/mol. The Morgan fingerprint density at radius 2 is 2.04 bits per heavy atom. The number of halogens is 1. The van der Waals surface area contributed by atoms with Gasteiger partial charge in [-0.2, -0.15) is 0 Å². The maximum absolute atomic E-state index is 13.9. The Labute approximate surface area is 159 Å². The maximum Gasteiger partial charge on any atom is 0.405 e. The molecule has 1 amide bonds. The van der Waals surface area contributed by atoms with Crippen LogP contribution >= 0.6 is 0 Å². The molecule has 4 nitrogen and oxygen atoms in total. The molecule has 27 heavy (non-hydrogen) atoms. The zero-order valence-corrected chi connectivity index (χ0v) is 16.0. The first kappa shape index (κ1) is 19.2. The number of hydrogen-bond donors (Lipinski definition) is 1. The normalized spacial score (nSPS) is 17.4. The molecule has 1 unspecified atom stereocenters. The first-order valence-corrected chi connectivity index (χ1v) is 9.33. The van der Waals surface area contributed by atoms with Gasteiger partial charge in [0.15, 0.2) is 0 Å². The van der Waals surface area contributed by atoms with Crippen molar-refractivity contribution < 1.29 is 18.7 Å². The summed E-state index contributed by atoms with van der Waals surface area (Å²) in [6.07, 6.45) is 1.57. The highest BCUT2D eigenvalue weighted by atomic mass is 19.1. The van der Waals surface area contributed by atoms with Crippen molar-refractivity contribution in [2.45, 2.75) is 46.1 Å². The van der Waals surface area contributed by atoms with E-state index < -0.39 is 6.09 Å². The van der Waals surface area contributed by atoms with Crippen LogP contribution in [-0.2, 0) is 11.2 Å². The van der Waals surface area contributed by atoms with Gasteiger partial charge in [0.1, 0.15) is 17.7 Å². The molecule has 0 saturated heterocycles. The Bertz CT molecular complexity index is 847. The van der Waals surface area contributed by atoms with E-state index in [1.165, 1.54) is 12.1 Å². The number of hydrogen-bond acceptors (Lipinski definition) is 3. The third kappa shape index (κ3) is 4.07. The zero-order valence-electron chi connectivity index (χ0n) is 16.0. The van der Waals surface area contributed by atoms with Gasteiger partial charge in [0, 0.05) is 11.0 Å². The summed E-state index contributed by atoms with van der Waals surface area (Å²) in [5.74, 6) is 0.371. The van der Waals surface area contributed by atoms with Crippen LogP contribution < -0.4 is 10.5 Å². The number of unbranched alkanes of at least 4 members (excludes halogenated alkanes) is 1. The van der Waals surface area contributed by atoms with E-state index in [-0.39, 0.29) is 17.3 Å². The fraction of sp³-hybridized carbons (Fsp3) is 0.409. The number of carbonyl (C=O) groups is 1. The van der Waals surface area contributed by atoms with Crippen LogP contribution in [0.1, 0.15) is 50.8 Å². The molecule has 1 aliphatic rings. The Morgan fingerprint density at radius 3 is 2.74 bits per heavy atom. The van der Waals surface area contributed by atoms with Gasteiger partial charge in [-0.25, -0.2) is 9.18 Å². The molecular weight excluding hydrogens is 345 g/mol. The van der Waals surface area contributed by atoms with Crippen LogP contribution in [0.5, 0.6) is 5.75 Å². The van der Waals surface area contributed by atoms with E-state index in [1.807, 2.05) is 32.0 Å². The topological polar surface area (TPSA) is 61.6 Å². The lowest BCUT2D eigenvalue weighted by atomic mass is 9.87. The van der Waals surface area contributed by atoms with E-state index in [2.05, 4.69) is 6.92 Å². The van der Waals surface area contributed by atoms with Crippen LogP contribution in [0, 0.1) is 11.2 Å². The second-order valence-electron chi connectivity index (χ2n) is 7.74. The smallest absolute Gasteiger partial charge is 0.405 e. The molecule has 1 atom stereocenters. The standard InChI is InChI=1S/C22H26FNO3/c1-4-5-10-26-19-9-7-16(23)12-18(19)14-6-8-17-15(11-14)13-22(2,3)20(17)27-21(24)25/h6-9,11-12,20H,4-5,10,13H2,1-3H3,(H2,24,25). The minimum Gasteiger partial charge on any atom is -0.493 e. The van der Waals surface area contributed by atoms with Crippen molar-refractivity contribution in [1.29, 1.82) is 0 Å². The third-order valence-electron chi connectivity index (χ3n) is 5.02. The molecule has 5 heteroatoms. The highest BCUT2D eigenvalue weighted by Gasteiger charge is 2.41. The summed E-state index contributed by atoms with van der Waals surface area (Å²) in [4.78, 5) is 11.3. The van der Waals surface area contributed by atoms with Crippen LogP contribution in [-0.4, -0.2) is 12.7 Å².